The largest absolute Gasteiger partial charge is 0.493 e. The normalized spacial score (nSPS) is 11.2. The smallest absolute Gasteiger partial charge is 0.191 e. The summed E-state index contributed by atoms with van der Waals surface area (Å²) < 4.78 is 11.5. The molecule has 0 radical (unpaired) electrons. The van der Waals surface area contributed by atoms with Gasteiger partial charge in [0.05, 0.1) is 13.7 Å². The molecule has 31 heavy (non-hydrogen) atoms. The number of aliphatic imine (C=N–C) groups is 1. The number of halogens is 1. The van der Waals surface area contributed by atoms with Crippen molar-refractivity contribution in [2.45, 2.75) is 40.3 Å². The fourth-order valence-electron chi connectivity index (χ4n) is 2.92. The molecule has 9 heteroatoms. The first-order chi connectivity index (χ1) is 14.6. The van der Waals surface area contributed by atoms with Gasteiger partial charge in [-0.1, -0.05) is 26.8 Å². The maximum Gasteiger partial charge on any atom is 0.191 e. The van der Waals surface area contributed by atoms with Crippen molar-refractivity contribution in [1.82, 2.24) is 20.5 Å². The zero-order valence-corrected chi connectivity index (χ0v) is 22.4. The minimum Gasteiger partial charge on any atom is -0.493 e. The van der Waals surface area contributed by atoms with Crippen LogP contribution in [0, 0.1) is 0 Å². The Balaban J connectivity index is 0.00000480. The van der Waals surface area contributed by atoms with E-state index in [1.807, 2.05) is 24.4 Å². The van der Waals surface area contributed by atoms with Crippen LogP contribution in [0.5, 0.6) is 11.5 Å². The molecule has 0 aliphatic carbocycles. The minimum absolute atomic E-state index is 0. The fourth-order valence-corrected chi connectivity index (χ4v) is 3.73. The van der Waals surface area contributed by atoms with Crippen LogP contribution < -0.4 is 20.1 Å². The van der Waals surface area contributed by atoms with Crippen LogP contribution in [0.4, 0.5) is 0 Å². The van der Waals surface area contributed by atoms with Crippen molar-refractivity contribution in [2.75, 3.05) is 40.4 Å². The SMILES string of the molecule is CCc1cnc(CNC(=NC)NCc2ccc(OCCN(CC)CC)c(OC)c2)s1.I. The summed E-state index contributed by atoms with van der Waals surface area (Å²) in [6.45, 7) is 11.4. The van der Waals surface area contributed by atoms with E-state index in [4.69, 9.17) is 9.47 Å². The predicted octanol–water partition coefficient (Wildman–Crippen LogP) is 3.92. The van der Waals surface area contributed by atoms with Gasteiger partial charge in [-0.15, -0.1) is 35.3 Å². The number of aryl methyl sites for hydroxylation is 1. The maximum atomic E-state index is 5.93. The van der Waals surface area contributed by atoms with Crippen molar-refractivity contribution in [3.63, 3.8) is 0 Å². The highest BCUT2D eigenvalue weighted by molar-refractivity contribution is 14.0. The van der Waals surface area contributed by atoms with E-state index < -0.39 is 0 Å². The molecule has 1 aromatic carbocycles. The van der Waals surface area contributed by atoms with E-state index in [9.17, 15) is 0 Å². The van der Waals surface area contributed by atoms with Crippen LogP contribution in [0.25, 0.3) is 0 Å². The average Bonchev–Trinajstić information content (AvgIpc) is 3.25. The van der Waals surface area contributed by atoms with Crippen LogP contribution in [-0.4, -0.2) is 56.2 Å². The van der Waals surface area contributed by atoms with E-state index in [2.05, 4.69) is 46.3 Å². The van der Waals surface area contributed by atoms with E-state index >= 15 is 0 Å². The highest BCUT2D eigenvalue weighted by Gasteiger charge is 2.08. The second-order valence-electron chi connectivity index (χ2n) is 6.71. The third-order valence-electron chi connectivity index (χ3n) is 4.83. The fraction of sp³-hybridized carbons (Fsp3) is 0.545. The van der Waals surface area contributed by atoms with Crippen molar-refractivity contribution in [1.29, 1.82) is 0 Å². The van der Waals surface area contributed by atoms with Crippen LogP contribution in [0.2, 0.25) is 0 Å². The van der Waals surface area contributed by atoms with Gasteiger partial charge < -0.3 is 25.0 Å². The van der Waals surface area contributed by atoms with Gasteiger partial charge in [0, 0.05) is 31.2 Å². The van der Waals surface area contributed by atoms with E-state index in [-0.39, 0.29) is 24.0 Å². The monoisotopic (exact) mass is 561 g/mol. The Labute approximate surface area is 207 Å². The lowest BCUT2D eigenvalue weighted by Crippen LogP contribution is -2.36. The number of rotatable bonds is 12. The summed E-state index contributed by atoms with van der Waals surface area (Å²) in [5.41, 5.74) is 1.09. The number of thiazole rings is 1. The van der Waals surface area contributed by atoms with Gasteiger partial charge in [0.15, 0.2) is 17.5 Å². The Kier molecular flexibility index (Phi) is 13.5. The number of ether oxygens (including phenoxy) is 2. The lowest BCUT2D eigenvalue weighted by atomic mass is 10.2. The molecule has 0 bridgehead atoms. The first kappa shape index (κ1) is 27.4. The van der Waals surface area contributed by atoms with E-state index in [0.29, 0.717) is 19.7 Å². The number of benzene rings is 1. The lowest BCUT2D eigenvalue weighted by molar-refractivity contribution is 0.217. The van der Waals surface area contributed by atoms with Gasteiger partial charge in [-0.3, -0.25) is 4.99 Å². The first-order valence-corrected chi connectivity index (χ1v) is 11.3. The third-order valence-corrected chi connectivity index (χ3v) is 5.97. The summed E-state index contributed by atoms with van der Waals surface area (Å²) >= 11 is 1.73. The molecule has 1 aromatic heterocycles. The van der Waals surface area contributed by atoms with Crippen molar-refractivity contribution in [2.24, 2.45) is 4.99 Å². The molecule has 2 N–H and O–H groups in total. The highest BCUT2D eigenvalue weighted by atomic mass is 127. The van der Waals surface area contributed by atoms with Crippen LogP contribution in [-0.2, 0) is 19.5 Å². The lowest BCUT2D eigenvalue weighted by Gasteiger charge is -2.19. The molecule has 0 unspecified atom stereocenters. The Morgan fingerprint density at radius 3 is 2.48 bits per heavy atom. The van der Waals surface area contributed by atoms with Gasteiger partial charge >= 0.3 is 0 Å². The number of hydrogen-bond donors (Lipinski definition) is 2. The summed E-state index contributed by atoms with van der Waals surface area (Å²) in [5.74, 6) is 2.25. The molecular formula is C22H36IN5O2S. The summed E-state index contributed by atoms with van der Waals surface area (Å²) in [6, 6.07) is 6.02. The van der Waals surface area contributed by atoms with Gasteiger partial charge in [-0.2, -0.15) is 0 Å². The second kappa shape index (κ2) is 15.3. The van der Waals surface area contributed by atoms with Crippen LogP contribution in [0.3, 0.4) is 0 Å². The number of hydrogen-bond acceptors (Lipinski definition) is 6. The summed E-state index contributed by atoms with van der Waals surface area (Å²) in [6.07, 6.45) is 2.96. The quantitative estimate of drug-likeness (QED) is 0.233. The second-order valence-corrected chi connectivity index (χ2v) is 7.91. The number of likely N-dealkylation sites (N-methyl/N-ethyl adjacent to an activating group) is 1. The average molecular weight is 562 g/mol. The molecule has 0 amide bonds. The molecule has 0 fully saturated rings. The number of guanidine groups is 1. The molecule has 7 nitrogen and oxygen atoms in total. The van der Waals surface area contributed by atoms with E-state index in [0.717, 1.165) is 54.1 Å². The van der Waals surface area contributed by atoms with Crippen LogP contribution >= 0.6 is 35.3 Å². The van der Waals surface area contributed by atoms with E-state index in [1.165, 1.54) is 4.88 Å². The number of nitrogens with one attached hydrogen (secondary N) is 2. The Bertz CT molecular complexity index is 796. The topological polar surface area (TPSA) is 71.0 Å². The van der Waals surface area contributed by atoms with Gasteiger partial charge in [0.25, 0.3) is 0 Å². The molecule has 2 rings (SSSR count). The first-order valence-electron chi connectivity index (χ1n) is 10.5. The number of nitrogens with zero attached hydrogens (tertiary/aromatic N) is 3. The van der Waals surface area contributed by atoms with Crippen molar-refractivity contribution in [3.8, 4) is 11.5 Å². The summed E-state index contributed by atoms with van der Waals surface area (Å²) in [5, 5.41) is 7.70. The van der Waals surface area contributed by atoms with Gasteiger partial charge in [-0.05, 0) is 37.2 Å². The summed E-state index contributed by atoms with van der Waals surface area (Å²) in [4.78, 5) is 12.3. The van der Waals surface area contributed by atoms with E-state index in [1.54, 1.807) is 25.5 Å². The van der Waals surface area contributed by atoms with Crippen molar-refractivity contribution in [3.05, 3.63) is 39.8 Å². The van der Waals surface area contributed by atoms with Crippen LogP contribution in [0.15, 0.2) is 29.4 Å². The third kappa shape index (κ3) is 9.20. The molecule has 2 aromatic rings. The highest BCUT2D eigenvalue weighted by Crippen LogP contribution is 2.28. The number of aromatic nitrogens is 1. The molecule has 0 saturated heterocycles. The molecule has 0 atom stereocenters. The molecular weight excluding hydrogens is 525 g/mol. The molecule has 174 valence electrons. The molecule has 0 saturated carbocycles. The predicted molar refractivity (Wildman–Crippen MR) is 140 cm³/mol. The molecule has 0 aliphatic heterocycles. The van der Waals surface area contributed by atoms with Crippen LogP contribution in [0.1, 0.15) is 36.2 Å². The van der Waals surface area contributed by atoms with Gasteiger partial charge in [-0.25, -0.2) is 4.98 Å². The Hall–Kier alpha value is -1.59. The van der Waals surface area contributed by atoms with Crippen molar-refractivity contribution < 1.29 is 9.47 Å². The summed E-state index contributed by atoms with van der Waals surface area (Å²) in [7, 11) is 3.44. The number of methoxy groups -OCH3 is 1. The Morgan fingerprint density at radius 2 is 1.87 bits per heavy atom. The molecule has 0 aliphatic rings. The minimum atomic E-state index is 0. The Morgan fingerprint density at radius 1 is 1.13 bits per heavy atom. The zero-order valence-electron chi connectivity index (χ0n) is 19.2. The van der Waals surface area contributed by atoms with Gasteiger partial charge in [0.2, 0.25) is 0 Å². The molecule has 1 heterocycles. The zero-order chi connectivity index (χ0) is 21.8. The molecule has 0 spiro atoms. The standard InChI is InChI=1S/C22H35N5O2S.HI/c1-6-18-15-24-21(30-18)16-26-22(23-4)25-14-17-9-10-19(20(13-17)28-5)29-12-11-27(7-2)8-3;/h9-10,13,15H,6-8,11-12,14,16H2,1-5H3,(H2,23,25,26);1H. The maximum absolute atomic E-state index is 5.93. The van der Waals surface area contributed by atoms with Crippen molar-refractivity contribution >= 4 is 41.3 Å². The van der Waals surface area contributed by atoms with Gasteiger partial charge in [0.1, 0.15) is 11.6 Å².